The van der Waals surface area contributed by atoms with Crippen molar-refractivity contribution in [1.29, 1.82) is 0 Å². The normalized spacial score (nSPS) is 22.8. The minimum atomic E-state index is 0.0613. The Morgan fingerprint density at radius 2 is 2.23 bits per heavy atom. The van der Waals surface area contributed by atoms with Gasteiger partial charge in [0.15, 0.2) is 0 Å². The molecule has 1 heterocycles. The zero-order chi connectivity index (χ0) is 16.1. The SMILES string of the molecule is CC(C)c1cccc(NC(=O)CN2CCC(C)C(CN)C2)c1. The molecule has 0 saturated carbocycles. The van der Waals surface area contributed by atoms with Crippen molar-refractivity contribution >= 4 is 11.6 Å². The van der Waals surface area contributed by atoms with Gasteiger partial charge in [0.25, 0.3) is 0 Å². The number of hydrogen-bond donors (Lipinski definition) is 2. The molecule has 1 aromatic rings. The van der Waals surface area contributed by atoms with Crippen LogP contribution < -0.4 is 11.1 Å². The molecular formula is C18H29N3O. The Morgan fingerprint density at radius 1 is 1.45 bits per heavy atom. The van der Waals surface area contributed by atoms with E-state index in [2.05, 4.69) is 43.1 Å². The molecule has 1 saturated heterocycles. The van der Waals surface area contributed by atoms with Crippen molar-refractivity contribution in [2.24, 2.45) is 17.6 Å². The smallest absolute Gasteiger partial charge is 0.238 e. The van der Waals surface area contributed by atoms with E-state index >= 15 is 0 Å². The van der Waals surface area contributed by atoms with E-state index in [1.54, 1.807) is 0 Å². The molecule has 2 unspecified atom stereocenters. The highest BCUT2D eigenvalue weighted by Gasteiger charge is 2.26. The number of piperidine rings is 1. The molecule has 0 aromatic heterocycles. The van der Waals surface area contributed by atoms with E-state index in [1.165, 1.54) is 5.56 Å². The van der Waals surface area contributed by atoms with Crippen LogP contribution in [0.15, 0.2) is 24.3 Å². The van der Waals surface area contributed by atoms with E-state index in [9.17, 15) is 4.79 Å². The van der Waals surface area contributed by atoms with Gasteiger partial charge in [-0.25, -0.2) is 0 Å². The number of nitrogens with zero attached hydrogens (tertiary/aromatic N) is 1. The summed E-state index contributed by atoms with van der Waals surface area (Å²) in [6, 6.07) is 8.10. The molecule has 1 amide bonds. The molecule has 4 nitrogen and oxygen atoms in total. The number of carbonyl (C=O) groups excluding carboxylic acids is 1. The molecule has 1 aromatic carbocycles. The van der Waals surface area contributed by atoms with Crippen molar-refractivity contribution in [3.05, 3.63) is 29.8 Å². The summed E-state index contributed by atoms with van der Waals surface area (Å²) >= 11 is 0. The van der Waals surface area contributed by atoms with Crippen LogP contribution in [0, 0.1) is 11.8 Å². The van der Waals surface area contributed by atoms with Gasteiger partial charge >= 0.3 is 0 Å². The quantitative estimate of drug-likeness (QED) is 0.879. The Morgan fingerprint density at radius 3 is 2.91 bits per heavy atom. The minimum absolute atomic E-state index is 0.0613. The third-order valence-electron chi connectivity index (χ3n) is 4.71. The average molecular weight is 303 g/mol. The molecule has 0 radical (unpaired) electrons. The first-order valence-electron chi connectivity index (χ1n) is 8.31. The van der Waals surface area contributed by atoms with Gasteiger partial charge in [-0.1, -0.05) is 32.9 Å². The first-order valence-corrected chi connectivity index (χ1v) is 8.31. The highest BCUT2D eigenvalue weighted by atomic mass is 16.2. The van der Waals surface area contributed by atoms with Crippen LogP contribution in [0.2, 0.25) is 0 Å². The molecule has 3 N–H and O–H groups in total. The predicted octanol–water partition coefficient (Wildman–Crippen LogP) is 2.67. The van der Waals surface area contributed by atoms with E-state index < -0.39 is 0 Å². The van der Waals surface area contributed by atoms with Crippen molar-refractivity contribution in [2.75, 3.05) is 31.5 Å². The summed E-state index contributed by atoms with van der Waals surface area (Å²) in [4.78, 5) is 14.5. The molecular weight excluding hydrogens is 274 g/mol. The fourth-order valence-electron chi connectivity index (χ4n) is 3.05. The number of amides is 1. The number of rotatable bonds is 5. The van der Waals surface area contributed by atoms with Crippen LogP contribution in [0.25, 0.3) is 0 Å². The number of carbonyl (C=O) groups is 1. The fourth-order valence-corrected chi connectivity index (χ4v) is 3.05. The third kappa shape index (κ3) is 4.55. The molecule has 0 aliphatic carbocycles. The van der Waals surface area contributed by atoms with Crippen LogP contribution in [0.1, 0.15) is 38.7 Å². The lowest BCUT2D eigenvalue weighted by atomic mass is 9.87. The number of nitrogens with two attached hydrogens (primary N) is 1. The van der Waals surface area contributed by atoms with Crippen molar-refractivity contribution in [3.63, 3.8) is 0 Å². The highest BCUT2D eigenvalue weighted by molar-refractivity contribution is 5.92. The lowest BCUT2D eigenvalue weighted by Gasteiger charge is -2.36. The summed E-state index contributed by atoms with van der Waals surface area (Å²) in [7, 11) is 0. The van der Waals surface area contributed by atoms with Gasteiger partial charge in [-0.2, -0.15) is 0 Å². The molecule has 2 atom stereocenters. The van der Waals surface area contributed by atoms with Crippen molar-refractivity contribution in [1.82, 2.24) is 4.90 Å². The Bertz CT molecular complexity index is 501. The van der Waals surface area contributed by atoms with Crippen molar-refractivity contribution in [2.45, 2.75) is 33.1 Å². The summed E-state index contributed by atoms with van der Waals surface area (Å²) < 4.78 is 0. The van der Waals surface area contributed by atoms with E-state index in [-0.39, 0.29) is 5.91 Å². The van der Waals surface area contributed by atoms with Gasteiger partial charge in [0.1, 0.15) is 0 Å². The molecule has 4 heteroatoms. The Labute approximate surface area is 134 Å². The molecule has 0 spiro atoms. The number of nitrogens with one attached hydrogen (secondary N) is 1. The molecule has 2 rings (SSSR count). The van der Waals surface area contributed by atoms with Crippen LogP contribution in [0.4, 0.5) is 5.69 Å². The first kappa shape index (κ1) is 17.0. The summed E-state index contributed by atoms with van der Waals surface area (Å²) in [6.07, 6.45) is 1.12. The largest absolute Gasteiger partial charge is 0.330 e. The topological polar surface area (TPSA) is 58.4 Å². The van der Waals surface area contributed by atoms with Gasteiger partial charge in [0.05, 0.1) is 6.54 Å². The van der Waals surface area contributed by atoms with Crippen LogP contribution in [0.3, 0.4) is 0 Å². The average Bonchev–Trinajstić information content (AvgIpc) is 2.49. The van der Waals surface area contributed by atoms with E-state index in [1.807, 2.05) is 12.1 Å². The maximum absolute atomic E-state index is 12.3. The maximum atomic E-state index is 12.3. The summed E-state index contributed by atoms with van der Waals surface area (Å²) in [6.45, 7) is 9.64. The predicted molar refractivity (Wildman–Crippen MR) is 91.9 cm³/mol. The van der Waals surface area contributed by atoms with Crippen LogP contribution in [-0.4, -0.2) is 37.0 Å². The van der Waals surface area contributed by atoms with E-state index in [0.29, 0.717) is 30.8 Å². The lowest BCUT2D eigenvalue weighted by Crippen LogP contribution is -2.45. The molecule has 0 bridgehead atoms. The van der Waals surface area contributed by atoms with Gasteiger partial charge in [0.2, 0.25) is 5.91 Å². The lowest BCUT2D eigenvalue weighted by molar-refractivity contribution is -0.117. The molecule has 122 valence electrons. The Kier molecular flexibility index (Phi) is 5.98. The number of hydrogen-bond acceptors (Lipinski definition) is 3. The van der Waals surface area contributed by atoms with Crippen molar-refractivity contribution < 1.29 is 4.79 Å². The van der Waals surface area contributed by atoms with Crippen LogP contribution in [-0.2, 0) is 4.79 Å². The Hall–Kier alpha value is -1.39. The fraction of sp³-hybridized carbons (Fsp3) is 0.611. The summed E-state index contributed by atoms with van der Waals surface area (Å²) in [5, 5.41) is 3.02. The second kappa shape index (κ2) is 7.75. The third-order valence-corrected chi connectivity index (χ3v) is 4.71. The van der Waals surface area contributed by atoms with Crippen LogP contribution in [0.5, 0.6) is 0 Å². The molecule has 1 fully saturated rings. The van der Waals surface area contributed by atoms with Gasteiger partial charge < -0.3 is 11.1 Å². The Balaban J connectivity index is 1.89. The monoisotopic (exact) mass is 303 g/mol. The van der Waals surface area contributed by atoms with Crippen LogP contribution >= 0.6 is 0 Å². The number of anilines is 1. The number of benzene rings is 1. The molecule has 22 heavy (non-hydrogen) atoms. The second-order valence-electron chi connectivity index (χ2n) is 6.83. The van der Waals surface area contributed by atoms with Crippen molar-refractivity contribution in [3.8, 4) is 0 Å². The second-order valence-corrected chi connectivity index (χ2v) is 6.83. The standard InChI is InChI=1S/C18H29N3O/c1-13(2)15-5-4-6-17(9-15)20-18(22)12-21-8-7-14(3)16(10-19)11-21/h4-6,9,13-14,16H,7-8,10-12,19H2,1-3H3,(H,20,22). The van der Waals surface area contributed by atoms with E-state index in [4.69, 9.17) is 5.73 Å². The summed E-state index contributed by atoms with van der Waals surface area (Å²) in [5.41, 5.74) is 7.96. The van der Waals surface area contributed by atoms with Gasteiger partial charge in [-0.05, 0) is 55.0 Å². The van der Waals surface area contributed by atoms with Gasteiger partial charge in [0, 0.05) is 12.2 Å². The first-order chi connectivity index (χ1) is 10.5. The van der Waals surface area contributed by atoms with Gasteiger partial charge in [-0.3, -0.25) is 9.69 Å². The zero-order valence-electron chi connectivity index (χ0n) is 14.0. The number of likely N-dealkylation sites (tertiary alicyclic amines) is 1. The molecule has 1 aliphatic rings. The van der Waals surface area contributed by atoms with Gasteiger partial charge in [-0.15, -0.1) is 0 Å². The zero-order valence-corrected chi connectivity index (χ0v) is 14.0. The maximum Gasteiger partial charge on any atom is 0.238 e. The molecule has 1 aliphatic heterocycles. The minimum Gasteiger partial charge on any atom is -0.330 e. The summed E-state index contributed by atoms with van der Waals surface area (Å²) in [5.74, 6) is 1.69. The van der Waals surface area contributed by atoms with E-state index in [0.717, 1.165) is 25.2 Å². The highest BCUT2D eigenvalue weighted by Crippen LogP contribution is 2.22.